The minimum absolute atomic E-state index is 0.163. The molecular formula is C18H18N2O. The second-order valence-electron chi connectivity index (χ2n) is 5.32. The molecule has 0 spiro atoms. The van der Waals surface area contributed by atoms with Crippen LogP contribution in [0, 0.1) is 11.3 Å². The second kappa shape index (κ2) is 6.43. The van der Waals surface area contributed by atoms with E-state index in [2.05, 4.69) is 35.7 Å². The van der Waals surface area contributed by atoms with Gasteiger partial charge in [-0.15, -0.1) is 0 Å². The van der Waals surface area contributed by atoms with Gasteiger partial charge in [-0.1, -0.05) is 30.3 Å². The van der Waals surface area contributed by atoms with E-state index in [1.807, 2.05) is 30.3 Å². The highest BCUT2D eigenvalue weighted by Crippen LogP contribution is 2.29. The maximum absolute atomic E-state index is 8.82. The molecule has 2 aromatic rings. The average Bonchev–Trinajstić information content (AvgIpc) is 2.57. The maximum Gasteiger partial charge on any atom is 0.0991 e. The highest BCUT2D eigenvalue weighted by Gasteiger charge is 2.23. The molecule has 106 valence electrons. The third-order valence-corrected chi connectivity index (χ3v) is 3.84. The Kier molecular flexibility index (Phi) is 4.18. The molecule has 2 atom stereocenters. The lowest BCUT2D eigenvalue weighted by molar-refractivity contribution is 0.00980. The van der Waals surface area contributed by atoms with Crippen LogP contribution in [0.4, 0.5) is 5.69 Å². The van der Waals surface area contributed by atoms with Gasteiger partial charge in [-0.2, -0.15) is 5.26 Å². The number of ether oxygens (including phenoxy) is 1. The van der Waals surface area contributed by atoms with Crippen molar-refractivity contribution in [2.45, 2.75) is 25.0 Å². The third kappa shape index (κ3) is 3.42. The van der Waals surface area contributed by atoms with Gasteiger partial charge in [-0.25, -0.2) is 0 Å². The Labute approximate surface area is 125 Å². The molecule has 3 heteroatoms. The highest BCUT2D eigenvalue weighted by molar-refractivity contribution is 5.48. The lowest BCUT2D eigenvalue weighted by Gasteiger charge is -2.31. The van der Waals surface area contributed by atoms with Crippen molar-refractivity contribution >= 4 is 5.69 Å². The molecule has 0 amide bonds. The molecule has 1 heterocycles. The van der Waals surface area contributed by atoms with Crippen LogP contribution in [-0.2, 0) is 4.74 Å². The van der Waals surface area contributed by atoms with Crippen molar-refractivity contribution < 1.29 is 4.74 Å². The lowest BCUT2D eigenvalue weighted by Crippen LogP contribution is -2.30. The Morgan fingerprint density at radius 3 is 2.52 bits per heavy atom. The topological polar surface area (TPSA) is 45.0 Å². The minimum atomic E-state index is 0.163. The molecule has 2 aromatic carbocycles. The molecule has 1 aliphatic heterocycles. The van der Waals surface area contributed by atoms with Crippen molar-refractivity contribution in [3.63, 3.8) is 0 Å². The molecule has 3 nitrogen and oxygen atoms in total. The van der Waals surface area contributed by atoms with Crippen LogP contribution in [0.5, 0.6) is 0 Å². The van der Waals surface area contributed by atoms with Crippen molar-refractivity contribution in [1.82, 2.24) is 0 Å². The number of hydrogen-bond acceptors (Lipinski definition) is 3. The molecule has 1 fully saturated rings. The van der Waals surface area contributed by atoms with Crippen LogP contribution in [0.25, 0.3) is 0 Å². The van der Waals surface area contributed by atoms with Gasteiger partial charge in [0.05, 0.1) is 17.7 Å². The Hall–Kier alpha value is -2.31. The standard InChI is InChI=1S/C18H18N2O/c19-13-14-6-8-16(9-7-14)20-17-10-11-21-18(12-17)15-4-2-1-3-5-15/h1-9,17-18,20H,10-12H2/t17-,18-/m1/s1. The first-order valence-electron chi connectivity index (χ1n) is 7.28. The van der Waals surface area contributed by atoms with Gasteiger partial charge in [0.25, 0.3) is 0 Å². The molecule has 0 radical (unpaired) electrons. The van der Waals surface area contributed by atoms with Gasteiger partial charge >= 0.3 is 0 Å². The Morgan fingerprint density at radius 1 is 1.05 bits per heavy atom. The van der Waals surface area contributed by atoms with Crippen LogP contribution in [0.2, 0.25) is 0 Å². The average molecular weight is 278 g/mol. The smallest absolute Gasteiger partial charge is 0.0991 e. The van der Waals surface area contributed by atoms with E-state index in [1.165, 1.54) is 5.56 Å². The summed E-state index contributed by atoms with van der Waals surface area (Å²) in [5.41, 5.74) is 2.99. The number of hydrogen-bond donors (Lipinski definition) is 1. The van der Waals surface area contributed by atoms with Crippen molar-refractivity contribution in [2.75, 3.05) is 11.9 Å². The largest absolute Gasteiger partial charge is 0.382 e. The third-order valence-electron chi connectivity index (χ3n) is 3.84. The van der Waals surface area contributed by atoms with Crippen LogP contribution in [0.3, 0.4) is 0 Å². The summed E-state index contributed by atoms with van der Waals surface area (Å²) in [5, 5.41) is 12.4. The molecule has 1 saturated heterocycles. The zero-order valence-electron chi connectivity index (χ0n) is 11.8. The summed E-state index contributed by atoms with van der Waals surface area (Å²) in [7, 11) is 0. The first-order chi connectivity index (χ1) is 10.3. The lowest BCUT2D eigenvalue weighted by atomic mass is 9.97. The monoisotopic (exact) mass is 278 g/mol. The van der Waals surface area contributed by atoms with Crippen molar-refractivity contribution in [2.24, 2.45) is 0 Å². The molecule has 1 N–H and O–H groups in total. The highest BCUT2D eigenvalue weighted by atomic mass is 16.5. The molecule has 0 bridgehead atoms. The van der Waals surface area contributed by atoms with Crippen LogP contribution in [-0.4, -0.2) is 12.6 Å². The molecular weight excluding hydrogens is 260 g/mol. The number of benzene rings is 2. The number of nitrogens with zero attached hydrogens (tertiary/aromatic N) is 1. The minimum Gasteiger partial charge on any atom is -0.382 e. The van der Waals surface area contributed by atoms with Gasteiger partial charge in [-0.3, -0.25) is 0 Å². The summed E-state index contributed by atoms with van der Waals surface area (Å²) in [6, 6.07) is 20.5. The first-order valence-corrected chi connectivity index (χ1v) is 7.28. The van der Waals surface area contributed by atoms with Gasteiger partial charge in [0.15, 0.2) is 0 Å². The fourth-order valence-electron chi connectivity index (χ4n) is 2.70. The van der Waals surface area contributed by atoms with Crippen LogP contribution in [0.1, 0.15) is 30.1 Å². The number of anilines is 1. The number of rotatable bonds is 3. The summed E-state index contributed by atoms with van der Waals surface area (Å²) in [6.45, 7) is 0.771. The zero-order valence-corrected chi connectivity index (χ0v) is 11.8. The maximum atomic E-state index is 8.82. The molecule has 3 rings (SSSR count). The molecule has 0 unspecified atom stereocenters. The van der Waals surface area contributed by atoms with E-state index in [0.717, 1.165) is 25.1 Å². The van der Waals surface area contributed by atoms with E-state index < -0.39 is 0 Å². The van der Waals surface area contributed by atoms with E-state index in [1.54, 1.807) is 0 Å². The summed E-state index contributed by atoms with van der Waals surface area (Å²) in [6.07, 6.45) is 2.13. The summed E-state index contributed by atoms with van der Waals surface area (Å²) < 4.78 is 5.89. The van der Waals surface area contributed by atoms with Crippen molar-refractivity contribution in [1.29, 1.82) is 5.26 Å². The first kappa shape index (κ1) is 13.7. The Morgan fingerprint density at radius 2 is 1.81 bits per heavy atom. The van der Waals surface area contributed by atoms with Crippen LogP contribution < -0.4 is 5.32 Å². The Bertz CT molecular complexity index is 616. The summed E-state index contributed by atoms with van der Waals surface area (Å²) >= 11 is 0. The summed E-state index contributed by atoms with van der Waals surface area (Å²) in [5.74, 6) is 0. The predicted octanol–water partition coefficient (Wildman–Crippen LogP) is 3.89. The van der Waals surface area contributed by atoms with Gasteiger partial charge in [0.2, 0.25) is 0 Å². The van der Waals surface area contributed by atoms with E-state index in [9.17, 15) is 0 Å². The normalized spacial score (nSPS) is 21.5. The zero-order chi connectivity index (χ0) is 14.5. The molecule has 1 aliphatic rings. The van der Waals surface area contributed by atoms with Gasteiger partial charge in [-0.05, 0) is 42.7 Å². The fraction of sp³-hybridized carbons (Fsp3) is 0.278. The van der Waals surface area contributed by atoms with Crippen molar-refractivity contribution in [3.8, 4) is 6.07 Å². The van der Waals surface area contributed by atoms with E-state index in [-0.39, 0.29) is 6.10 Å². The molecule has 0 aliphatic carbocycles. The van der Waals surface area contributed by atoms with E-state index in [0.29, 0.717) is 11.6 Å². The van der Waals surface area contributed by atoms with Crippen molar-refractivity contribution in [3.05, 3.63) is 65.7 Å². The Balaban J connectivity index is 1.64. The summed E-state index contributed by atoms with van der Waals surface area (Å²) in [4.78, 5) is 0. The van der Waals surface area contributed by atoms with E-state index in [4.69, 9.17) is 10.00 Å². The van der Waals surface area contributed by atoms with Gasteiger partial charge < -0.3 is 10.1 Å². The van der Waals surface area contributed by atoms with Gasteiger partial charge in [0.1, 0.15) is 0 Å². The van der Waals surface area contributed by atoms with Gasteiger partial charge in [0, 0.05) is 18.3 Å². The number of nitriles is 1. The molecule has 21 heavy (non-hydrogen) atoms. The van der Waals surface area contributed by atoms with Crippen LogP contribution >= 0.6 is 0 Å². The quantitative estimate of drug-likeness (QED) is 0.926. The second-order valence-corrected chi connectivity index (χ2v) is 5.32. The van der Waals surface area contributed by atoms with E-state index >= 15 is 0 Å². The predicted molar refractivity (Wildman–Crippen MR) is 82.9 cm³/mol. The molecule has 0 saturated carbocycles. The SMILES string of the molecule is N#Cc1ccc(N[C@@H]2CCO[C@@H](c3ccccc3)C2)cc1. The number of nitrogens with one attached hydrogen (secondary N) is 1. The molecule has 0 aromatic heterocycles. The van der Waals surface area contributed by atoms with Crippen LogP contribution in [0.15, 0.2) is 54.6 Å². The fourth-order valence-corrected chi connectivity index (χ4v) is 2.70.